The van der Waals surface area contributed by atoms with Crippen LogP contribution in [0, 0.1) is 0 Å². The number of likely N-dealkylation sites (tertiary alicyclic amines) is 2. The smallest absolute Gasteiger partial charge is 0.416 e. The Bertz CT molecular complexity index is 1970. The van der Waals surface area contributed by atoms with Crippen molar-refractivity contribution >= 4 is 26.6 Å². The number of nitrogens with one attached hydrogen (secondary N) is 1. The number of hydrogen-bond donors (Lipinski definition) is 1. The van der Waals surface area contributed by atoms with Crippen molar-refractivity contribution in [2.75, 3.05) is 39.0 Å². The van der Waals surface area contributed by atoms with E-state index in [1.54, 1.807) is 13.0 Å². The van der Waals surface area contributed by atoms with Gasteiger partial charge in [-0.25, -0.2) is 13.4 Å². The normalized spacial score (nSPS) is 17.4. The predicted molar refractivity (Wildman–Crippen MR) is 193 cm³/mol. The lowest BCUT2D eigenvalue weighted by atomic mass is 9.93. The molecule has 6 rings (SSSR count). The number of hydrogen-bond acceptors (Lipinski definition) is 7. The van der Waals surface area contributed by atoms with Crippen molar-refractivity contribution in [3.8, 4) is 17.0 Å². The van der Waals surface area contributed by atoms with Crippen LogP contribution in [-0.4, -0.2) is 74.2 Å². The maximum atomic E-state index is 14.6. The summed E-state index contributed by atoms with van der Waals surface area (Å²) in [5.74, 6) is -0.416. The van der Waals surface area contributed by atoms with Gasteiger partial charge in [0.25, 0.3) is 5.91 Å². The van der Waals surface area contributed by atoms with Crippen LogP contribution in [0.5, 0.6) is 5.75 Å². The molecule has 2 aliphatic heterocycles. The van der Waals surface area contributed by atoms with Gasteiger partial charge in [0.15, 0.2) is 9.84 Å². The third kappa shape index (κ3) is 8.39. The Morgan fingerprint density at radius 1 is 0.980 bits per heavy atom. The number of alkyl halides is 3. The molecule has 0 aliphatic carbocycles. The molecule has 0 radical (unpaired) electrons. The highest BCUT2D eigenvalue weighted by Crippen LogP contribution is 2.39. The van der Waals surface area contributed by atoms with Gasteiger partial charge in [-0.05, 0) is 89.5 Å². The highest BCUT2D eigenvalue weighted by molar-refractivity contribution is 7.90. The highest BCUT2D eigenvalue weighted by atomic mass is 32.2. The van der Waals surface area contributed by atoms with Crippen LogP contribution >= 0.6 is 0 Å². The third-order valence-electron chi connectivity index (χ3n) is 10.0. The summed E-state index contributed by atoms with van der Waals surface area (Å²) in [6.45, 7) is 7.64. The number of sulfone groups is 1. The molecule has 1 amide bonds. The van der Waals surface area contributed by atoms with Crippen LogP contribution in [0.1, 0.15) is 79.0 Å². The largest absolute Gasteiger partial charge is 0.492 e. The maximum absolute atomic E-state index is 14.6. The standard InChI is InChI=1S/C39H45F3N4O4S/c1-4-50-34-24-33-31(23-35(34)51(3,48)49)36(38(47)43-26(2)27-12-7-5-8-13-27)32(37(44-33)28-14-11-15-29(22-28)39(40,41)42)25-45-20-16-30(17-21-45)46-18-9-6-10-19-46/h5,7-8,11-15,22-24,26,30H,4,6,9-10,16-21,25H2,1-3H3,(H,43,47)/t26-/m0/s1. The molecule has 1 atom stereocenters. The molecule has 3 heterocycles. The molecule has 1 N–H and O–H groups in total. The Morgan fingerprint density at radius 3 is 2.33 bits per heavy atom. The average Bonchev–Trinajstić information content (AvgIpc) is 3.11. The number of carbonyl (C=O) groups is 1. The molecule has 4 aromatic rings. The van der Waals surface area contributed by atoms with Gasteiger partial charge >= 0.3 is 6.18 Å². The number of ether oxygens (including phenoxy) is 1. The van der Waals surface area contributed by atoms with Gasteiger partial charge < -0.3 is 15.0 Å². The van der Waals surface area contributed by atoms with Crippen molar-refractivity contribution in [2.24, 2.45) is 0 Å². The van der Waals surface area contributed by atoms with E-state index in [4.69, 9.17) is 9.72 Å². The van der Waals surface area contributed by atoms with Crippen LogP contribution in [0.25, 0.3) is 22.2 Å². The second-order valence-corrected chi connectivity index (χ2v) is 15.6. The summed E-state index contributed by atoms with van der Waals surface area (Å²) in [5.41, 5.74) is 1.34. The first-order valence-corrected chi connectivity index (χ1v) is 19.6. The van der Waals surface area contributed by atoms with Crippen molar-refractivity contribution in [1.29, 1.82) is 0 Å². The van der Waals surface area contributed by atoms with Crippen LogP contribution in [0.2, 0.25) is 0 Å². The summed E-state index contributed by atoms with van der Waals surface area (Å²) in [7, 11) is -3.82. The highest BCUT2D eigenvalue weighted by Gasteiger charge is 2.33. The van der Waals surface area contributed by atoms with Crippen LogP contribution < -0.4 is 10.1 Å². The van der Waals surface area contributed by atoms with Crippen molar-refractivity contribution in [3.63, 3.8) is 0 Å². The molecule has 2 aliphatic rings. The van der Waals surface area contributed by atoms with E-state index in [1.807, 2.05) is 37.3 Å². The van der Waals surface area contributed by atoms with E-state index in [9.17, 15) is 26.4 Å². The molecule has 8 nitrogen and oxygen atoms in total. The number of amides is 1. The molecule has 272 valence electrons. The Balaban J connectivity index is 1.53. The predicted octanol–water partition coefficient (Wildman–Crippen LogP) is 7.66. The number of pyridine rings is 1. The quantitative estimate of drug-likeness (QED) is 0.180. The van der Waals surface area contributed by atoms with Gasteiger partial charge in [-0.1, -0.05) is 48.9 Å². The van der Waals surface area contributed by atoms with Crippen LogP contribution in [0.4, 0.5) is 13.2 Å². The molecule has 0 saturated carbocycles. The van der Waals surface area contributed by atoms with E-state index in [1.165, 1.54) is 37.5 Å². The summed E-state index contributed by atoms with van der Waals surface area (Å²) in [4.78, 5) is 24.2. The zero-order valence-electron chi connectivity index (χ0n) is 29.3. The minimum absolute atomic E-state index is 0.0616. The minimum Gasteiger partial charge on any atom is -0.492 e. The number of halogens is 3. The van der Waals surface area contributed by atoms with E-state index < -0.39 is 33.5 Å². The molecule has 0 unspecified atom stereocenters. The first-order chi connectivity index (χ1) is 24.3. The van der Waals surface area contributed by atoms with Gasteiger partial charge in [-0.3, -0.25) is 9.69 Å². The maximum Gasteiger partial charge on any atom is 0.416 e. The summed E-state index contributed by atoms with van der Waals surface area (Å²) in [6, 6.07) is 17.3. The lowest BCUT2D eigenvalue weighted by Gasteiger charge is -2.40. The number of piperidine rings is 2. The van der Waals surface area contributed by atoms with Gasteiger partial charge in [0, 0.05) is 41.4 Å². The van der Waals surface area contributed by atoms with Gasteiger partial charge in [-0.15, -0.1) is 0 Å². The summed E-state index contributed by atoms with van der Waals surface area (Å²) >= 11 is 0. The fraction of sp³-hybridized carbons (Fsp3) is 0.436. The second kappa shape index (κ2) is 15.3. The Hall–Kier alpha value is -4.00. The zero-order chi connectivity index (χ0) is 36.3. The van der Waals surface area contributed by atoms with E-state index in [-0.39, 0.29) is 51.5 Å². The minimum atomic E-state index is -4.60. The van der Waals surface area contributed by atoms with Crippen LogP contribution in [-0.2, 0) is 22.6 Å². The molecule has 2 fully saturated rings. The third-order valence-corrected chi connectivity index (χ3v) is 11.2. The van der Waals surface area contributed by atoms with E-state index in [2.05, 4.69) is 15.1 Å². The lowest BCUT2D eigenvalue weighted by molar-refractivity contribution is -0.137. The molecule has 3 aromatic carbocycles. The lowest BCUT2D eigenvalue weighted by Crippen LogP contribution is -2.46. The molecule has 1 aromatic heterocycles. The SMILES string of the molecule is CCOc1cc2nc(-c3cccc(C(F)(F)F)c3)c(CN3CCC(N4CCCCC4)CC3)c(C(=O)N[C@@H](C)c3ccccc3)c2cc1S(C)(=O)=O. The van der Waals surface area contributed by atoms with E-state index >= 15 is 0 Å². The van der Waals surface area contributed by atoms with Gasteiger partial charge in [0.1, 0.15) is 10.6 Å². The number of carbonyl (C=O) groups excluding carboxylic acids is 1. The second-order valence-electron chi connectivity index (χ2n) is 13.6. The number of aromatic nitrogens is 1. The summed E-state index contributed by atoms with van der Waals surface area (Å²) < 4.78 is 74.0. The van der Waals surface area contributed by atoms with Crippen LogP contribution in [0.15, 0.2) is 71.6 Å². The fourth-order valence-corrected chi connectivity index (χ4v) is 8.22. The number of rotatable bonds is 10. The van der Waals surface area contributed by atoms with Crippen molar-refractivity contribution in [2.45, 2.75) is 75.7 Å². The van der Waals surface area contributed by atoms with Crippen molar-refractivity contribution in [3.05, 3.63) is 89.0 Å². The molecule has 2 saturated heterocycles. The number of benzene rings is 3. The van der Waals surface area contributed by atoms with E-state index in [0.29, 0.717) is 11.6 Å². The molecular formula is C39H45F3N4O4S. The van der Waals surface area contributed by atoms with E-state index in [0.717, 1.165) is 63.0 Å². The number of fused-ring (bicyclic) bond motifs is 1. The fourth-order valence-electron chi connectivity index (χ4n) is 7.41. The Labute approximate surface area is 297 Å². The molecular weight excluding hydrogens is 678 g/mol. The first kappa shape index (κ1) is 36.8. The molecule has 51 heavy (non-hydrogen) atoms. The Kier molecular flexibility index (Phi) is 11.0. The topological polar surface area (TPSA) is 91.8 Å². The first-order valence-electron chi connectivity index (χ1n) is 17.7. The van der Waals surface area contributed by atoms with Crippen LogP contribution in [0.3, 0.4) is 0 Å². The van der Waals surface area contributed by atoms with Gasteiger partial charge in [0.05, 0.1) is 35.0 Å². The van der Waals surface area contributed by atoms with Crippen molar-refractivity contribution in [1.82, 2.24) is 20.1 Å². The molecule has 0 spiro atoms. The summed E-state index contributed by atoms with van der Waals surface area (Å²) in [6.07, 6.45) is 1.99. The van der Waals surface area contributed by atoms with Crippen molar-refractivity contribution < 1.29 is 31.1 Å². The average molecular weight is 723 g/mol. The number of nitrogens with zero attached hydrogens (tertiary/aromatic N) is 3. The van der Waals surface area contributed by atoms with Gasteiger partial charge in [-0.2, -0.15) is 13.2 Å². The Morgan fingerprint density at radius 2 is 1.69 bits per heavy atom. The zero-order valence-corrected chi connectivity index (χ0v) is 30.1. The molecule has 0 bridgehead atoms. The van der Waals surface area contributed by atoms with Gasteiger partial charge in [0.2, 0.25) is 0 Å². The monoisotopic (exact) mass is 722 g/mol. The molecule has 12 heteroatoms. The summed E-state index contributed by atoms with van der Waals surface area (Å²) in [5, 5.41) is 3.37.